The maximum absolute atomic E-state index is 12.3. The van der Waals surface area contributed by atoms with Crippen LogP contribution in [-0.2, 0) is 19.1 Å². The number of fused-ring (bicyclic) bond motifs is 1. The van der Waals surface area contributed by atoms with Gasteiger partial charge in [-0.25, -0.2) is 0 Å². The Balaban J connectivity index is 1.60. The van der Waals surface area contributed by atoms with E-state index < -0.39 is 29.4 Å². The lowest BCUT2D eigenvalue weighted by atomic mass is 9.94. The number of benzene rings is 2. The second kappa shape index (κ2) is 8.99. The van der Waals surface area contributed by atoms with Gasteiger partial charge in [0.2, 0.25) is 5.91 Å². The molecule has 1 N–H and O–H groups in total. The van der Waals surface area contributed by atoms with Crippen LogP contribution in [0.3, 0.4) is 0 Å². The van der Waals surface area contributed by atoms with Crippen molar-refractivity contribution in [1.29, 1.82) is 0 Å². The van der Waals surface area contributed by atoms with Gasteiger partial charge in [-0.05, 0) is 23.3 Å². The van der Waals surface area contributed by atoms with Crippen LogP contribution in [0.2, 0.25) is 0 Å². The minimum absolute atomic E-state index is 0.120. The first-order valence-corrected chi connectivity index (χ1v) is 9.11. The van der Waals surface area contributed by atoms with Gasteiger partial charge in [0, 0.05) is 30.9 Å². The fourth-order valence-electron chi connectivity index (χ4n) is 3.17. The molecule has 0 radical (unpaired) electrons. The Kier molecular flexibility index (Phi) is 6.21. The van der Waals surface area contributed by atoms with Gasteiger partial charge in [-0.15, -0.1) is 0 Å². The zero-order chi connectivity index (χ0) is 21.7. The summed E-state index contributed by atoms with van der Waals surface area (Å²) in [5, 5.41) is 13.2. The molecule has 0 unspecified atom stereocenters. The molecule has 1 heterocycles. The first kappa shape index (κ1) is 20.7. The van der Waals surface area contributed by atoms with E-state index in [1.165, 1.54) is 36.1 Å². The zero-order valence-electron chi connectivity index (χ0n) is 16.1. The molecule has 1 aliphatic heterocycles. The molecule has 30 heavy (non-hydrogen) atoms. The molecule has 154 valence electrons. The number of carbonyl (C=O) groups excluding carboxylic acids is 3. The second-order valence-corrected chi connectivity index (χ2v) is 6.61. The van der Waals surface area contributed by atoms with Crippen molar-refractivity contribution in [3.8, 4) is 0 Å². The van der Waals surface area contributed by atoms with Gasteiger partial charge in [0.1, 0.15) is 0 Å². The van der Waals surface area contributed by atoms with Crippen LogP contribution in [0.15, 0.2) is 54.7 Å². The molecule has 0 bridgehead atoms. The molecule has 9 heteroatoms. The summed E-state index contributed by atoms with van der Waals surface area (Å²) in [6, 6.07) is 12.3. The molecule has 2 aromatic rings. The maximum atomic E-state index is 12.3. The lowest BCUT2D eigenvalue weighted by Crippen LogP contribution is -2.33. The van der Waals surface area contributed by atoms with E-state index in [1.807, 2.05) is 24.3 Å². The Morgan fingerprint density at radius 1 is 1.17 bits per heavy atom. The van der Waals surface area contributed by atoms with Gasteiger partial charge in [0.15, 0.2) is 6.61 Å². The molecule has 3 rings (SSSR count). The van der Waals surface area contributed by atoms with E-state index in [0.29, 0.717) is 0 Å². The molecular formula is C21H19N3O6. The molecule has 0 aromatic heterocycles. The summed E-state index contributed by atoms with van der Waals surface area (Å²) in [7, 11) is 0. The Morgan fingerprint density at radius 2 is 1.93 bits per heavy atom. The van der Waals surface area contributed by atoms with E-state index >= 15 is 0 Å². The number of anilines is 1. The van der Waals surface area contributed by atoms with Gasteiger partial charge in [-0.3, -0.25) is 24.5 Å². The Bertz CT molecular complexity index is 1030. The zero-order valence-corrected chi connectivity index (χ0v) is 16.1. The van der Waals surface area contributed by atoms with Gasteiger partial charge in [-0.1, -0.05) is 30.3 Å². The van der Waals surface area contributed by atoms with Crippen LogP contribution in [0.5, 0.6) is 0 Å². The number of nitro groups is 1. The van der Waals surface area contributed by atoms with E-state index in [2.05, 4.69) is 5.32 Å². The molecule has 1 atom stereocenters. The van der Waals surface area contributed by atoms with E-state index in [4.69, 9.17) is 4.74 Å². The highest BCUT2D eigenvalue weighted by Crippen LogP contribution is 2.33. The summed E-state index contributed by atoms with van der Waals surface area (Å²) in [5.74, 6) is -1.50. The van der Waals surface area contributed by atoms with E-state index in [1.54, 1.807) is 12.3 Å². The largest absolute Gasteiger partial charge is 0.455 e. The number of nitrogens with one attached hydrogen (secondary N) is 1. The van der Waals surface area contributed by atoms with Crippen molar-refractivity contribution in [2.45, 2.75) is 19.4 Å². The number of non-ortho nitro benzene ring substituents is 1. The Labute approximate surface area is 172 Å². The van der Waals surface area contributed by atoms with Gasteiger partial charge < -0.3 is 15.0 Å². The van der Waals surface area contributed by atoms with Crippen LogP contribution in [0.1, 0.15) is 30.5 Å². The van der Waals surface area contributed by atoms with Crippen LogP contribution in [0, 0.1) is 10.1 Å². The van der Waals surface area contributed by atoms with Crippen molar-refractivity contribution < 1.29 is 24.0 Å². The van der Waals surface area contributed by atoms with Gasteiger partial charge in [-0.2, -0.15) is 0 Å². The number of carbonyl (C=O) groups is 3. The highest BCUT2D eigenvalue weighted by Gasteiger charge is 2.29. The molecule has 9 nitrogen and oxygen atoms in total. The van der Waals surface area contributed by atoms with E-state index in [-0.39, 0.29) is 23.7 Å². The van der Waals surface area contributed by atoms with Gasteiger partial charge in [0.05, 0.1) is 17.4 Å². The summed E-state index contributed by atoms with van der Waals surface area (Å²) >= 11 is 0. The number of nitro benzene ring substituents is 1. The Hall–Kier alpha value is -4.01. The Morgan fingerprint density at radius 3 is 2.67 bits per heavy atom. The lowest BCUT2D eigenvalue weighted by molar-refractivity contribution is -0.384. The van der Waals surface area contributed by atoms with Crippen molar-refractivity contribution in [3.63, 3.8) is 0 Å². The SMILES string of the molecule is CC(=O)N1C=Cc2ccccc2[C@@H]1CC(=O)OCC(=O)Nc1cccc([N+](=O)[O-])c1. The normalized spacial score (nSPS) is 14.6. The van der Waals surface area contributed by atoms with Crippen LogP contribution in [0.4, 0.5) is 11.4 Å². The smallest absolute Gasteiger partial charge is 0.308 e. The van der Waals surface area contributed by atoms with Crippen LogP contribution in [0.25, 0.3) is 6.08 Å². The highest BCUT2D eigenvalue weighted by atomic mass is 16.6. The van der Waals surface area contributed by atoms with Crippen LogP contribution < -0.4 is 5.32 Å². The van der Waals surface area contributed by atoms with E-state index in [9.17, 15) is 24.5 Å². The summed E-state index contributed by atoms with van der Waals surface area (Å²) in [6.07, 6.45) is 3.30. The third-order valence-corrected chi connectivity index (χ3v) is 4.53. The number of hydrogen-bond acceptors (Lipinski definition) is 6. The number of esters is 1. The summed E-state index contributed by atoms with van der Waals surface area (Å²) in [6.45, 7) is 0.856. The topological polar surface area (TPSA) is 119 Å². The fraction of sp³-hybridized carbons (Fsp3) is 0.190. The first-order chi connectivity index (χ1) is 14.3. The average Bonchev–Trinajstić information content (AvgIpc) is 2.72. The first-order valence-electron chi connectivity index (χ1n) is 9.11. The quantitative estimate of drug-likeness (QED) is 0.445. The monoisotopic (exact) mass is 409 g/mol. The molecular weight excluding hydrogens is 390 g/mol. The predicted octanol–water partition coefficient (Wildman–Crippen LogP) is 3.04. The van der Waals surface area contributed by atoms with E-state index in [0.717, 1.165) is 11.1 Å². The third-order valence-electron chi connectivity index (χ3n) is 4.53. The number of hydrogen-bond donors (Lipinski definition) is 1. The standard InChI is InChI=1S/C21H19N3O6/c1-14(25)23-10-9-15-5-2-3-8-18(15)19(23)12-21(27)30-13-20(26)22-16-6-4-7-17(11-16)24(28)29/h2-11,19H,12-13H2,1H3,(H,22,26)/t19-/m0/s1. The van der Waals surface area contributed by atoms with Crippen molar-refractivity contribution >= 4 is 35.2 Å². The molecule has 0 saturated heterocycles. The number of ether oxygens (including phenoxy) is 1. The summed E-state index contributed by atoms with van der Waals surface area (Å²) in [4.78, 5) is 48.0. The average molecular weight is 409 g/mol. The number of rotatable bonds is 6. The minimum Gasteiger partial charge on any atom is -0.455 e. The second-order valence-electron chi connectivity index (χ2n) is 6.61. The maximum Gasteiger partial charge on any atom is 0.308 e. The number of amides is 2. The molecule has 0 saturated carbocycles. The van der Waals surface area contributed by atoms with Crippen molar-refractivity contribution in [2.24, 2.45) is 0 Å². The summed E-state index contributed by atoms with van der Waals surface area (Å²) < 4.78 is 5.05. The fourth-order valence-corrected chi connectivity index (χ4v) is 3.17. The number of nitrogens with zero attached hydrogens (tertiary/aromatic N) is 2. The third kappa shape index (κ3) is 4.88. The van der Waals surface area contributed by atoms with Crippen molar-refractivity contribution in [1.82, 2.24) is 4.90 Å². The van der Waals surface area contributed by atoms with Gasteiger partial charge in [0.25, 0.3) is 11.6 Å². The molecule has 0 spiro atoms. The molecule has 0 aliphatic carbocycles. The minimum atomic E-state index is -0.648. The molecule has 0 fully saturated rings. The molecule has 2 aromatic carbocycles. The predicted molar refractivity (Wildman–Crippen MR) is 108 cm³/mol. The highest BCUT2D eigenvalue weighted by molar-refractivity contribution is 5.93. The molecule has 1 aliphatic rings. The van der Waals surface area contributed by atoms with Crippen LogP contribution in [-0.4, -0.2) is 34.2 Å². The van der Waals surface area contributed by atoms with Gasteiger partial charge >= 0.3 is 5.97 Å². The molecule has 2 amide bonds. The lowest BCUT2D eigenvalue weighted by Gasteiger charge is -2.32. The van der Waals surface area contributed by atoms with Crippen molar-refractivity contribution in [3.05, 3.63) is 76.0 Å². The van der Waals surface area contributed by atoms with Crippen molar-refractivity contribution in [2.75, 3.05) is 11.9 Å². The van der Waals surface area contributed by atoms with Crippen LogP contribution >= 0.6 is 0 Å². The summed E-state index contributed by atoms with van der Waals surface area (Å²) in [5.41, 5.74) is 1.77.